The fourth-order valence-corrected chi connectivity index (χ4v) is 1.97. The predicted molar refractivity (Wildman–Crippen MR) is 74.6 cm³/mol. The molecule has 21 heavy (non-hydrogen) atoms. The van der Waals surface area contributed by atoms with Crippen molar-refractivity contribution in [1.82, 2.24) is 9.55 Å². The molecule has 1 aliphatic rings. The molecule has 0 aliphatic carbocycles. The molecule has 0 spiro atoms. The molecule has 2 heterocycles. The zero-order chi connectivity index (χ0) is 14.7. The number of amides is 1. The lowest BCUT2D eigenvalue weighted by atomic mass is 10.2. The van der Waals surface area contributed by atoms with E-state index in [0.29, 0.717) is 30.4 Å². The molecule has 1 aliphatic heterocycles. The smallest absolute Gasteiger partial charge is 0.253 e. The van der Waals surface area contributed by atoms with Crippen LogP contribution in [0.4, 0.5) is 5.69 Å². The number of nitrogens with zero attached hydrogens (tertiary/aromatic N) is 2. The highest BCUT2D eigenvalue weighted by Crippen LogP contribution is 2.32. The van der Waals surface area contributed by atoms with Crippen LogP contribution in [-0.2, 0) is 11.3 Å². The van der Waals surface area contributed by atoms with Crippen LogP contribution in [0, 0.1) is 0 Å². The van der Waals surface area contributed by atoms with Gasteiger partial charge >= 0.3 is 0 Å². The summed E-state index contributed by atoms with van der Waals surface area (Å²) in [6, 6.07) is 6.45. The van der Waals surface area contributed by atoms with Gasteiger partial charge in [-0.25, -0.2) is 4.98 Å². The molecule has 0 radical (unpaired) electrons. The van der Waals surface area contributed by atoms with E-state index in [9.17, 15) is 9.59 Å². The molecule has 1 N–H and O–H groups in total. The lowest BCUT2D eigenvalue weighted by molar-refractivity contribution is -0.116. The molecule has 108 valence electrons. The van der Waals surface area contributed by atoms with Crippen LogP contribution in [0.5, 0.6) is 11.5 Å². The van der Waals surface area contributed by atoms with Gasteiger partial charge in [0, 0.05) is 24.0 Å². The van der Waals surface area contributed by atoms with Crippen LogP contribution in [0.3, 0.4) is 0 Å². The first-order chi connectivity index (χ1) is 10.2. The lowest BCUT2D eigenvalue weighted by Gasteiger charge is -2.19. The summed E-state index contributed by atoms with van der Waals surface area (Å²) >= 11 is 0. The summed E-state index contributed by atoms with van der Waals surface area (Å²) in [6.45, 7) is 0.902. The number of fused-ring (bicyclic) bond motifs is 1. The monoisotopic (exact) mass is 287 g/mol. The van der Waals surface area contributed by atoms with Crippen LogP contribution >= 0.6 is 0 Å². The van der Waals surface area contributed by atoms with Crippen molar-refractivity contribution in [3.8, 4) is 11.5 Å². The zero-order valence-corrected chi connectivity index (χ0v) is 11.1. The summed E-state index contributed by atoms with van der Waals surface area (Å²) in [7, 11) is 0. The third-order valence-corrected chi connectivity index (χ3v) is 2.93. The molecule has 7 heteroatoms. The second kappa shape index (κ2) is 5.66. The number of aromatic nitrogens is 2. The van der Waals surface area contributed by atoms with Gasteiger partial charge in [0.25, 0.3) is 5.56 Å². The molecule has 0 unspecified atom stereocenters. The van der Waals surface area contributed by atoms with E-state index in [-0.39, 0.29) is 18.0 Å². The number of rotatable bonds is 3. The Bertz CT molecular complexity index is 726. The summed E-state index contributed by atoms with van der Waals surface area (Å²) in [5, 5.41) is 2.71. The quantitative estimate of drug-likeness (QED) is 0.896. The lowest BCUT2D eigenvalue weighted by Crippen LogP contribution is -2.27. The van der Waals surface area contributed by atoms with Crippen LogP contribution in [-0.4, -0.2) is 28.7 Å². The molecule has 0 bridgehead atoms. The Morgan fingerprint density at radius 3 is 2.86 bits per heavy atom. The first-order valence-corrected chi connectivity index (χ1v) is 6.42. The Hall–Kier alpha value is -2.83. The fraction of sp³-hybridized carbons (Fsp3) is 0.214. The molecule has 1 amide bonds. The number of carbonyl (C=O) groups is 1. The van der Waals surface area contributed by atoms with Gasteiger partial charge in [0.1, 0.15) is 19.8 Å². The number of anilines is 1. The normalized spacial score (nSPS) is 12.8. The van der Waals surface area contributed by atoms with E-state index < -0.39 is 0 Å². The van der Waals surface area contributed by atoms with Crippen LogP contribution in [0.15, 0.2) is 41.6 Å². The molecular weight excluding hydrogens is 274 g/mol. The zero-order valence-electron chi connectivity index (χ0n) is 11.1. The molecule has 3 rings (SSSR count). The second-order valence-corrected chi connectivity index (χ2v) is 4.45. The molecular formula is C14H13N3O4. The molecule has 2 aromatic rings. The van der Waals surface area contributed by atoms with E-state index in [1.165, 1.54) is 23.2 Å². The summed E-state index contributed by atoms with van der Waals surface area (Å²) in [5.74, 6) is 0.933. The number of hydrogen-bond donors (Lipinski definition) is 1. The summed E-state index contributed by atoms with van der Waals surface area (Å²) < 4.78 is 12.1. The minimum atomic E-state index is -0.318. The predicted octanol–water partition coefficient (Wildman–Crippen LogP) is 0.653. The first-order valence-electron chi connectivity index (χ1n) is 6.42. The number of hydrogen-bond acceptors (Lipinski definition) is 5. The van der Waals surface area contributed by atoms with Gasteiger partial charge in [-0.15, -0.1) is 0 Å². The summed E-state index contributed by atoms with van der Waals surface area (Å²) in [5.41, 5.74) is 0.309. The van der Waals surface area contributed by atoms with Crippen molar-refractivity contribution in [2.45, 2.75) is 6.54 Å². The Morgan fingerprint density at radius 2 is 2.05 bits per heavy atom. The molecule has 0 fully saturated rings. The third-order valence-electron chi connectivity index (χ3n) is 2.93. The van der Waals surface area contributed by atoms with Gasteiger partial charge in [0.2, 0.25) is 5.91 Å². The van der Waals surface area contributed by atoms with Gasteiger partial charge in [-0.1, -0.05) is 0 Å². The SMILES string of the molecule is O=C(Cn1cnccc1=O)Nc1ccc2c(c1)OCCO2. The Kier molecular flexibility index (Phi) is 3.55. The van der Waals surface area contributed by atoms with E-state index in [1.807, 2.05) is 0 Å². The topological polar surface area (TPSA) is 82.5 Å². The van der Waals surface area contributed by atoms with Crippen molar-refractivity contribution in [2.24, 2.45) is 0 Å². The van der Waals surface area contributed by atoms with E-state index in [1.54, 1.807) is 18.2 Å². The van der Waals surface area contributed by atoms with Crippen molar-refractivity contribution < 1.29 is 14.3 Å². The van der Waals surface area contributed by atoms with Gasteiger partial charge in [-0.2, -0.15) is 0 Å². The molecule has 1 aromatic carbocycles. The highest BCUT2D eigenvalue weighted by atomic mass is 16.6. The van der Waals surface area contributed by atoms with Crippen molar-refractivity contribution in [3.05, 3.63) is 47.1 Å². The fourth-order valence-electron chi connectivity index (χ4n) is 1.97. The van der Waals surface area contributed by atoms with Crippen LogP contribution in [0.1, 0.15) is 0 Å². The largest absolute Gasteiger partial charge is 0.486 e. The molecule has 0 saturated heterocycles. The molecule has 1 aromatic heterocycles. The standard InChI is InChI=1S/C14H13N3O4/c18-13(8-17-9-15-4-3-14(17)19)16-10-1-2-11-12(7-10)21-6-5-20-11/h1-4,7,9H,5-6,8H2,(H,16,18). The Balaban J connectivity index is 1.70. The summed E-state index contributed by atoms with van der Waals surface area (Å²) in [4.78, 5) is 27.2. The number of ether oxygens (including phenoxy) is 2. The average molecular weight is 287 g/mol. The second-order valence-electron chi connectivity index (χ2n) is 4.45. The molecule has 0 atom stereocenters. The number of benzene rings is 1. The maximum absolute atomic E-state index is 11.9. The van der Waals surface area contributed by atoms with Gasteiger partial charge < -0.3 is 14.8 Å². The van der Waals surface area contributed by atoms with Gasteiger partial charge in [-0.05, 0) is 12.1 Å². The molecule has 7 nitrogen and oxygen atoms in total. The van der Waals surface area contributed by atoms with Crippen LogP contribution in [0.2, 0.25) is 0 Å². The van der Waals surface area contributed by atoms with Crippen molar-refractivity contribution >= 4 is 11.6 Å². The third kappa shape index (κ3) is 3.02. The van der Waals surface area contributed by atoms with Crippen molar-refractivity contribution in [3.63, 3.8) is 0 Å². The van der Waals surface area contributed by atoms with Gasteiger partial charge in [0.15, 0.2) is 11.5 Å². The number of nitrogens with one attached hydrogen (secondary N) is 1. The minimum Gasteiger partial charge on any atom is -0.486 e. The number of carbonyl (C=O) groups excluding carboxylic acids is 1. The molecule has 0 saturated carbocycles. The Morgan fingerprint density at radius 1 is 1.24 bits per heavy atom. The maximum atomic E-state index is 11.9. The van der Waals surface area contributed by atoms with Gasteiger partial charge in [0.05, 0.1) is 6.33 Å². The van der Waals surface area contributed by atoms with Crippen molar-refractivity contribution in [1.29, 1.82) is 0 Å². The first kappa shape index (κ1) is 13.2. The van der Waals surface area contributed by atoms with Gasteiger partial charge in [-0.3, -0.25) is 14.2 Å². The van der Waals surface area contributed by atoms with E-state index in [0.717, 1.165) is 0 Å². The maximum Gasteiger partial charge on any atom is 0.253 e. The van der Waals surface area contributed by atoms with Crippen LogP contribution in [0.25, 0.3) is 0 Å². The highest BCUT2D eigenvalue weighted by molar-refractivity contribution is 5.90. The van der Waals surface area contributed by atoms with E-state index >= 15 is 0 Å². The van der Waals surface area contributed by atoms with Crippen molar-refractivity contribution in [2.75, 3.05) is 18.5 Å². The average Bonchev–Trinajstić information content (AvgIpc) is 2.49. The van der Waals surface area contributed by atoms with Crippen LogP contribution < -0.4 is 20.3 Å². The highest BCUT2D eigenvalue weighted by Gasteiger charge is 2.13. The summed E-state index contributed by atoms with van der Waals surface area (Å²) in [6.07, 6.45) is 2.71. The Labute approximate surface area is 120 Å². The van der Waals surface area contributed by atoms with E-state index in [4.69, 9.17) is 9.47 Å². The minimum absolute atomic E-state index is 0.0961. The van der Waals surface area contributed by atoms with E-state index in [2.05, 4.69) is 10.3 Å².